The average molecular weight is 624 g/mol. The number of benzene rings is 6. The molecule has 0 amide bonds. The van der Waals surface area contributed by atoms with E-state index in [1.54, 1.807) is 6.20 Å². The van der Waals surface area contributed by atoms with Gasteiger partial charge in [-0.2, -0.15) is 0 Å². The fourth-order valence-corrected chi connectivity index (χ4v) is 8.07. The van der Waals surface area contributed by atoms with Crippen LogP contribution < -0.4 is 0 Å². The summed E-state index contributed by atoms with van der Waals surface area (Å²) in [7, 11) is 0. The summed E-state index contributed by atoms with van der Waals surface area (Å²) in [6.45, 7) is 0. The fourth-order valence-electron chi connectivity index (χ4n) is 8.07. The number of pyridine rings is 3. The van der Waals surface area contributed by atoms with Gasteiger partial charge in [0.25, 0.3) is 0 Å². The number of nitrogens with zero attached hydrogens (tertiary/aromatic N) is 3. The van der Waals surface area contributed by atoms with E-state index in [-0.39, 0.29) is 0 Å². The van der Waals surface area contributed by atoms with Crippen molar-refractivity contribution in [1.29, 1.82) is 0 Å². The third kappa shape index (κ3) is 4.19. The second kappa shape index (κ2) is 10.8. The highest BCUT2D eigenvalue weighted by Gasteiger charge is 2.45. The third-order valence-electron chi connectivity index (χ3n) is 10.2. The smallest absolute Gasteiger partial charge is 0.0714 e. The van der Waals surface area contributed by atoms with E-state index in [0.29, 0.717) is 0 Å². The van der Waals surface area contributed by atoms with Crippen molar-refractivity contribution in [2.24, 2.45) is 0 Å². The van der Waals surface area contributed by atoms with Gasteiger partial charge in [-0.3, -0.25) is 15.0 Å². The molecule has 1 aliphatic carbocycles. The van der Waals surface area contributed by atoms with Crippen molar-refractivity contribution >= 4 is 32.4 Å². The van der Waals surface area contributed by atoms with Crippen LogP contribution in [0.3, 0.4) is 0 Å². The number of rotatable bonds is 5. The monoisotopic (exact) mass is 623 g/mol. The van der Waals surface area contributed by atoms with E-state index in [2.05, 4.69) is 145 Å². The first-order chi connectivity index (χ1) is 24.3. The second-order valence-corrected chi connectivity index (χ2v) is 12.9. The number of aromatic nitrogens is 3. The molecular weight excluding hydrogens is 595 g/mol. The Hall–Kier alpha value is -6.45. The molecule has 0 fully saturated rings. The summed E-state index contributed by atoms with van der Waals surface area (Å²) in [5.41, 5.74) is 12.1. The molecule has 49 heavy (non-hydrogen) atoms. The molecule has 3 heterocycles. The van der Waals surface area contributed by atoms with Crippen LogP contribution in [0.2, 0.25) is 0 Å². The van der Waals surface area contributed by atoms with Gasteiger partial charge < -0.3 is 0 Å². The average Bonchev–Trinajstić information content (AvgIpc) is 3.49. The predicted molar refractivity (Wildman–Crippen MR) is 201 cm³/mol. The molecular formula is C46H29N3. The molecule has 3 aromatic heterocycles. The normalized spacial score (nSPS) is 13.1. The van der Waals surface area contributed by atoms with Crippen LogP contribution in [0.4, 0.5) is 0 Å². The van der Waals surface area contributed by atoms with Crippen molar-refractivity contribution in [3.63, 3.8) is 0 Å². The van der Waals surface area contributed by atoms with Gasteiger partial charge in [0.05, 0.1) is 16.6 Å². The lowest BCUT2D eigenvalue weighted by Gasteiger charge is -2.34. The van der Waals surface area contributed by atoms with E-state index < -0.39 is 5.41 Å². The molecule has 3 heteroatoms. The molecule has 0 atom stereocenters. The van der Waals surface area contributed by atoms with Gasteiger partial charge in [-0.25, -0.2) is 0 Å². The van der Waals surface area contributed by atoms with Crippen molar-refractivity contribution in [2.45, 2.75) is 5.41 Å². The van der Waals surface area contributed by atoms with Crippen molar-refractivity contribution in [3.8, 4) is 33.5 Å². The quantitative estimate of drug-likeness (QED) is 0.179. The van der Waals surface area contributed by atoms with E-state index in [4.69, 9.17) is 9.97 Å². The minimum absolute atomic E-state index is 0.535. The van der Waals surface area contributed by atoms with Crippen molar-refractivity contribution in [2.75, 3.05) is 0 Å². The molecule has 3 nitrogen and oxygen atoms in total. The zero-order valence-corrected chi connectivity index (χ0v) is 26.6. The Morgan fingerprint density at radius 2 is 1.04 bits per heavy atom. The van der Waals surface area contributed by atoms with Gasteiger partial charge in [-0.15, -0.1) is 0 Å². The molecule has 0 N–H and O–H groups in total. The Balaban J connectivity index is 1.25. The SMILES string of the molecule is c1ccc(C2(c3ccccc3)c3cc(-c4cnc5cc(-c6cccnc6)ccc5c4)cc4ccc5cc(-c6ccccn6)cc2c5c34)cc1. The Bertz CT molecular complexity index is 2650. The zero-order chi connectivity index (χ0) is 32.4. The van der Waals surface area contributed by atoms with E-state index in [1.165, 1.54) is 43.8 Å². The van der Waals surface area contributed by atoms with Crippen LogP contribution in [0.15, 0.2) is 176 Å². The summed E-state index contributed by atoms with van der Waals surface area (Å²) < 4.78 is 0. The highest BCUT2D eigenvalue weighted by atomic mass is 14.7. The van der Waals surface area contributed by atoms with Crippen LogP contribution in [0.1, 0.15) is 22.3 Å². The molecule has 0 unspecified atom stereocenters. The topological polar surface area (TPSA) is 38.7 Å². The standard InChI is InChI=1S/C46H29N3/c1-3-11-38(12-4-1)46(39-13-5-2-6-14-39)40-25-35(37-22-31-17-16-30(27-43(31)49-29-37)34-10-9-20-47-28-34)23-32-18-19-33-24-36(42-15-7-8-21-48-42)26-41(46)45(33)44(32)40/h1-29H. The van der Waals surface area contributed by atoms with Gasteiger partial charge >= 0.3 is 0 Å². The first kappa shape index (κ1) is 27.6. The number of hydrogen-bond acceptors (Lipinski definition) is 3. The summed E-state index contributed by atoms with van der Waals surface area (Å²) in [4.78, 5) is 14.1. The predicted octanol–water partition coefficient (Wildman–Crippen LogP) is 11.0. The van der Waals surface area contributed by atoms with Crippen LogP contribution in [-0.4, -0.2) is 15.0 Å². The molecule has 10 rings (SSSR count). The van der Waals surface area contributed by atoms with Gasteiger partial charge in [0.1, 0.15) is 0 Å². The Morgan fingerprint density at radius 3 is 1.71 bits per heavy atom. The van der Waals surface area contributed by atoms with E-state index in [1.807, 2.05) is 30.7 Å². The lowest BCUT2D eigenvalue weighted by molar-refractivity contribution is 0.772. The lowest BCUT2D eigenvalue weighted by atomic mass is 9.67. The van der Waals surface area contributed by atoms with Crippen LogP contribution >= 0.6 is 0 Å². The minimum atomic E-state index is -0.535. The highest BCUT2D eigenvalue weighted by molar-refractivity contribution is 6.18. The molecule has 6 aromatic carbocycles. The maximum atomic E-state index is 5.00. The summed E-state index contributed by atoms with van der Waals surface area (Å²) in [5.74, 6) is 0. The van der Waals surface area contributed by atoms with E-state index in [0.717, 1.165) is 44.4 Å². The maximum absolute atomic E-state index is 5.00. The molecule has 0 bridgehead atoms. The van der Waals surface area contributed by atoms with Gasteiger partial charge in [-0.05, 0) is 110 Å². The van der Waals surface area contributed by atoms with Crippen LogP contribution in [0.5, 0.6) is 0 Å². The Morgan fingerprint density at radius 1 is 0.388 bits per heavy atom. The minimum Gasteiger partial charge on any atom is -0.264 e. The zero-order valence-electron chi connectivity index (χ0n) is 26.6. The maximum Gasteiger partial charge on any atom is 0.0714 e. The molecule has 0 saturated heterocycles. The lowest BCUT2D eigenvalue weighted by Crippen LogP contribution is -2.28. The van der Waals surface area contributed by atoms with E-state index in [9.17, 15) is 0 Å². The van der Waals surface area contributed by atoms with Gasteiger partial charge in [0, 0.05) is 46.9 Å². The first-order valence-electron chi connectivity index (χ1n) is 16.7. The summed E-state index contributed by atoms with van der Waals surface area (Å²) in [5, 5.41) is 6.19. The van der Waals surface area contributed by atoms with Crippen LogP contribution in [0, 0.1) is 0 Å². The largest absolute Gasteiger partial charge is 0.264 e. The Kier molecular flexibility index (Phi) is 6.09. The van der Waals surface area contributed by atoms with Gasteiger partial charge in [0.15, 0.2) is 0 Å². The molecule has 9 aromatic rings. The molecule has 228 valence electrons. The van der Waals surface area contributed by atoms with Crippen molar-refractivity contribution < 1.29 is 0 Å². The van der Waals surface area contributed by atoms with Crippen molar-refractivity contribution in [1.82, 2.24) is 15.0 Å². The van der Waals surface area contributed by atoms with E-state index >= 15 is 0 Å². The summed E-state index contributed by atoms with van der Waals surface area (Å²) in [6.07, 6.45) is 7.60. The molecule has 1 aliphatic rings. The van der Waals surface area contributed by atoms with Gasteiger partial charge in [0.2, 0.25) is 0 Å². The molecule has 0 spiro atoms. The molecule has 0 saturated carbocycles. The summed E-state index contributed by atoms with van der Waals surface area (Å²) in [6, 6.07) is 55.0. The van der Waals surface area contributed by atoms with Crippen molar-refractivity contribution in [3.05, 3.63) is 199 Å². The number of fused-ring (bicyclic) bond motifs is 1. The number of hydrogen-bond donors (Lipinski definition) is 0. The summed E-state index contributed by atoms with van der Waals surface area (Å²) >= 11 is 0. The third-order valence-corrected chi connectivity index (χ3v) is 10.2. The first-order valence-corrected chi connectivity index (χ1v) is 16.7. The van der Waals surface area contributed by atoms with Crippen LogP contribution in [-0.2, 0) is 5.41 Å². The highest BCUT2D eigenvalue weighted by Crippen LogP contribution is 2.57. The van der Waals surface area contributed by atoms with Gasteiger partial charge in [-0.1, -0.05) is 97.1 Å². The molecule has 0 aliphatic heterocycles. The Labute approximate surface area is 284 Å². The van der Waals surface area contributed by atoms with Crippen LogP contribution in [0.25, 0.3) is 66.0 Å². The second-order valence-electron chi connectivity index (χ2n) is 12.9. The fraction of sp³-hybridized carbons (Fsp3) is 0.0217. The molecule has 0 radical (unpaired) electrons.